The number of aromatic amines is 1. The molecule has 0 saturated carbocycles. The fourth-order valence-corrected chi connectivity index (χ4v) is 2.03. The first-order valence-corrected chi connectivity index (χ1v) is 6.18. The van der Waals surface area contributed by atoms with Gasteiger partial charge in [0.25, 0.3) is 0 Å². The number of aromatic nitrogens is 1. The van der Waals surface area contributed by atoms with E-state index >= 15 is 0 Å². The van der Waals surface area contributed by atoms with Gasteiger partial charge in [-0.2, -0.15) is 0 Å². The van der Waals surface area contributed by atoms with Crippen molar-refractivity contribution < 1.29 is 4.79 Å². The maximum atomic E-state index is 12.1. The number of fused-ring (bicyclic) bond motifs is 1. The minimum absolute atomic E-state index is 0.0138. The van der Waals surface area contributed by atoms with Crippen LogP contribution in [0.4, 0.5) is 0 Å². The van der Waals surface area contributed by atoms with Crippen LogP contribution in [-0.4, -0.2) is 10.8 Å². The molecule has 3 rings (SSSR count). The zero-order chi connectivity index (χ0) is 13.1. The molecule has 1 aromatic heterocycles. The molecule has 1 N–H and O–H groups in total. The van der Waals surface area contributed by atoms with Gasteiger partial charge >= 0.3 is 0 Å². The Balaban J connectivity index is 1.86. The Hall–Kier alpha value is -2.61. The van der Waals surface area contributed by atoms with Gasteiger partial charge < -0.3 is 4.98 Å². The Morgan fingerprint density at radius 2 is 1.68 bits per heavy atom. The van der Waals surface area contributed by atoms with Crippen molar-refractivity contribution in [3.8, 4) is 0 Å². The highest BCUT2D eigenvalue weighted by Crippen LogP contribution is 2.15. The first kappa shape index (κ1) is 11.5. The van der Waals surface area contributed by atoms with Crippen molar-refractivity contribution in [1.29, 1.82) is 0 Å². The molecular formula is C17H13NO. The summed E-state index contributed by atoms with van der Waals surface area (Å²) in [6.45, 7) is 0. The number of hydrogen-bond acceptors (Lipinski definition) is 1. The van der Waals surface area contributed by atoms with Crippen molar-refractivity contribution in [1.82, 2.24) is 4.98 Å². The van der Waals surface area contributed by atoms with Crippen molar-refractivity contribution >= 4 is 22.8 Å². The third-order valence-corrected chi connectivity index (χ3v) is 3.02. The van der Waals surface area contributed by atoms with Gasteiger partial charge in [-0.25, -0.2) is 0 Å². The van der Waals surface area contributed by atoms with E-state index in [1.54, 1.807) is 6.08 Å². The van der Waals surface area contributed by atoms with Gasteiger partial charge in [-0.05, 0) is 23.8 Å². The minimum atomic E-state index is -0.0138. The summed E-state index contributed by atoms with van der Waals surface area (Å²) in [5.74, 6) is -0.0138. The third-order valence-electron chi connectivity index (χ3n) is 3.02. The first-order chi connectivity index (χ1) is 9.33. The van der Waals surface area contributed by atoms with E-state index in [0.717, 1.165) is 16.5 Å². The molecular weight excluding hydrogens is 234 g/mol. The van der Waals surface area contributed by atoms with E-state index in [1.807, 2.05) is 66.7 Å². The number of ketones is 1. The van der Waals surface area contributed by atoms with Crippen molar-refractivity contribution in [3.05, 3.63) is 78.0 Å². The van der Waals surface area contributed by atoms with Crippen LogP contribution in [-0.2, 0) is 0 Å². The molecule has 0 saturated heterocycles. The predicted octanol–water partition coefficient (Wildman–Crippen LogP) is 4.06. The second-order valence-electron chi connectivity index (χ2n) is 4.38. The number of rotatable bonds is 3. The molecule has 2 nitrogen and oxygen atoms in total. The molecule has 0 spiro atoms. The van der Waals surface area contributed by atoms with Crippen LogP contribution < -0.4 is 0 Å². The quantitative estimate of drug-likeness (QED) is 0.549. The standard InChI is InChI=1S/C17H13NO/c19-17(11-10-13-6-2-1-3-7-13)16-12-14-8-4-5-9-15(14)18-16/h1-12,18H/b11-10-. The van der Waals surface area contributed by atoms with Gasteiger partial charge in [0.2, 0.25) is 5.78 Å². The summed E-state index contributed by atoms with van der Waals surface area (Å²) in [4.78, 5) is 15.2. The number of carbonyl (C=O) groups excluding carboxylic acids is 1. The maximum absolute atomic E-state index is 12.1. The number of allylic oxidation sites excluding steroid dienone is 1. The molecule has 0 aliphatic carbocycles. The predicted molar refractivity (Wildman–Crippen MR) is 78.1 cm³/mol. The molecule has 0 bridgehead atoms. The molecule has 2 aromatic carbocycles. The molecule has 0 atom stereocenters. The van der Waals surface area contributed by atoms with E-state index in [0.29, 0.717) is 5.69 Å². The summed E-state index contributed by atoms with van der Waals surface area (Å²) in [5, 5.41) is 1.05. The van der Waals surface area contributed by atoms with E-state index in [-0.39, 0.29) is 5.78 Å². The summed E-state index contributed by atoms with van der Waals surface area (Å²) in [6, 6.07) is 19.5. The lowest BCUT2D eigenvalue weighted by atomic mass is 10.1. The zero-order valence-corrected chi connectivity index (χ0v) is 10.3. The lowest BCUT2D eigenvalue weighted by Crippen LogP contribution is -1.93. The average Bonchev–Trinajstić information content (AvgIpc) is 2.90. The van der Waals surface area contributed by atoms with Crippen LogP contribution in [0.25, 0.3) is 17.0 Å². The Kier molecular flexibility index (Phi) is 2.99. The molecule has 0 fully saturated rings. The topological polar surface area (TPSA) is 32.9 Å². The highest BCUT2D eigenvalue weighted by molar-refractivity contribution is 6.08. The van der Waals surface area contributed by atoms with Gasteiger partial charge in [0.1, 0.15) is 0 Å². The Morgan fingerprint density at radius 3 is 2.47 bits per heavy atom. The monoisotopic (exact) mass is 247 g/mol. The Morgan fingerprint density at radius 1 is 0.947 bits per heavy atom. The number of H-pyrrole nitrogens is 1. The summed E-state index contributed by atoms with van der Waals surface area (Å²) in [6.07, 6.45) is 3.42. The second-order valence-corrected chi connectivity index (χ2v) is 4.38. The van der Waals surface area contributed by atoms with Crippen LogP contribution in [0.1, 0.15) is 16.1 Å². The zero-order valence-electron chi connectivity index (χ0n) is 10.3. The molecule has 0 aliphatic heterocycles. The summed E-state index contributed by atoms with van der Waals surface area (Å²) < 4.78 is 0. The normalized spacial score (nSPS) is 11.2. The van der Waals surface area contributed by atoms with Gasteiger partial charge in [-0.1, -0.05) is 54.6 Å². The smallest absolute Gasteiger partial charge is 0.202 e. The lowest BCUT2D eigenvalue weighted by molar-refractivity contribution is 0.104. The van der Waals surface area contributed by atoms with Crippen LogP contribution in [0, 0.1) is 0 Å². The Labute approximate surface area is 111 Å². The second kappa shape index (κ2) is 4.94. The van der Waals surface area contributed by atoms with Gasteiger partial charge in [0.15, 0.2) is 0 Å². The summed E-state index contributed by atoms with van der Waals surface area (Å²) in [5.41, 5.74) is 2.62. The van der Waals surface area contributed by atoms with Crippen LogP contribution in [0.5, 0.6) is 0 Å². The molecule has 1 heterocycles. The lowest BCUT2D eigenvalue weighted by Gasteiger charge is -1.91. The number of para-hydroxylation sites is 1. The van der Waals surface area contributed by atoms with E-state index in [1.165, 1.54) is 0 Å². The van der Waals surface area contributed by atoms with Gasteiger partial charge in [0, 0.05) is 10.9 Å². The van der Waals surface area contributed by atoms with Crippen LogP contribution in [0.15, 0.2) is 66.7 Å². The highest BCUT2D eigenvalue weighted by Gasteiger charge is 2.05. The third kappa shape index (κ3) is 2.47. The first-order valence-electron chi connectivity index (χ1n) is 6.18. The summed E-state index contributed by atoms with van der Waals surface area (Å²) in [7, 11) is 0. The van der Waals surface area contributed by atoms with E-state index < -0.39 is 0 Å². The van der Waals surface area contributed by atoms with Gasteiger partial charge in [-0.3, -0.25) is 4.79 Å². The molecule has 3 aromatic rings. The molecule has 0 amide bonds. The van der Waals surface area contributed by atoms with Crippen LogP contribution in [0.3, 0.4) is 0 Å². The van der Waals surface area contributed by atoms with E-state index in [9.17, 15) is 4.79 Å². The van der Waals surface area contributed by atoms with Crippen LogP contribution >= 0.6 is 0 Å². The molecule has 92 valence electrons. The maximum Gasteiger partial charge on any atom is 0.202 e. The Bertz CT molecular complexity index is 705. The summed E-state index contributed by atoms with van der Waals surface area (Å²) >= 11 is 0. The van der Waals surface area contributed by atoms with Crippen LogP contribution in [0.2, 0.25) is 0 Å². The van der Waals surface area contributed by atoms with Crippen molar-refractivity contribution in [2.24, 2.45) is 0 Å². The molecule has 0 aliphatic rings. The number of hydrogen-bond donors (Lipinski definition) is 1. The number of benzene rings is 2. The average molecular weight is 247 g/mol. The number of carbonyl (C=O) groups is 1. The SMILES string of the molecule is O=C(/C=C\c1ccccc1)c1cc2ccccc2[nH]1. The molecule has 0 radical (unpaired) electrons. The largest absolute Gasteiger partial charge is 0.352 e. The van der Waals surface area contributed by atoms with Crippen molar-refractivity contribution in [3.63, 3.8) is 0 Å². The molecule has 2 heteroatoms. The van der Waals surface area contributed by atoms with E-state index in [4.69, 9.17) is 0 Å². The fraction of sp³-hybridized carbons (Fsp3) is 0. The minimum Gasteiger partial charge on any atom is -0.352 e. The van der Waals surface area contributed by atoms with Gasteiger partial charge in [-0.15, -0.1) is 0 Å². The van der Waals surface area contributed by atoms with E-state index in [2.05, 4.69) is 4.98 Å². The highest BCUT2D eigenvalue weighted by atomic mass is 16.1. The number of nitrogens with one attached hydrogen (secondary N) is 1. The van der Waals surface area contributed by atoms with Crippen molar-refractivity contribution in [2.45, 2.75) is 0 Å². The fourth-order valence-electron chi connectivity index (χ4n) is 2.03. The molecule has 0 unspecified atom stereocenters. The molecule has 19 heavy (non-hydrogen) atoms. The van der Waals surface area contributed by atoms with Crippen molar-refractivity contribution in [2.75, 3.05) is 0 Å². The van der Waals surface area contributed by atoms with Gasteiger partial charge in [0.05, 0.1) is 5.69 Å².